The van der Waals surface area contributed by atoms with Gasteiger partial charge in [0.25, 0.3) is 0 Å². The summed E-state index contributed by atoms with van der Waals surface area (Å²) in [6.07, 6.45) is 2.24. The van der Waals surface area contributed by atoms with E-state index in [4.69, 9.17) is 5.73 Å². The molecule has 1 aliphatic rings. The number of carbonyl (C=O) groups is 1. The first-order valence-electron chi connectivity index (χ1n) is 4.29. The van der Waals surface area contributed by atoms with Crippen LogP contribution in [0.3, 0.4) is 0 Å². The molecule has 1 rings (SSSR count). The Kier molecular flexibility index (Phi) is 3.49. The number of ether oxygens (including phenoxy) is 1. The Bertz CT molecular complexity index is 161. The maximum absolute atomic E-state index is 10.9. The molecule has 1 unspecified atom stereocenters. The van der Waals surface area contributed by atoms with Gasteiger partial charge in [-0.2, -0.15) is 0 Å². The van der Waals surface area contributed by atoms with Gasteiger partial charge in [-0.05, 0) is 19.4 Å². The van der Waals surface area contributed by atoms with E-state index < -0.39 is 0 Å². The SMILES string of the molecule is COC(=O)CN1CCCC1CN. The van der Waals surface area contributed by atoms with E-state index in [1.165, 1.54) is 7.11 Å². The number of likely N-dealkylation sites (tertiary alicyclic amines) is 1. The van der Waals surface area contributed by atoms with Crippen molar-refractivity contribution in [2.24, 2.45) is 5.73 Å². The van der Waals surface area contributed by atoms with Crippen LogP contribution in [0.25, 0.3) is 0 Å². The van der Waals surface area contributed by atoms with E-state index in [0.29, 0.717) is 19.1 Å². The molecular formula is C8H16N2O2. The lowest BCUT2D eigenvalue weighted by Crippen LogP contribution is -2.39. The maximum Gasteiger partial charge on any atom is 0.319 e. The molecule has 0 radical (unpaired) electrons. The Hall–Kier alpha value is -0.610. The van der Waals surface area contributed by atoms with Crippen LogP contribution in [-0.2, 0) is 9.53 Å². The van der Waals surface area contributed by atoms with Gasteiger partial charge in [0.2, 0.25) is 0 Å². The fourth-order valence-electron chi connectivity index (χ4n) is 1.60. The molecule has 0 bridgehead atoms. The van der Waals surface area contributed by atoms with Crippen molar-refractivity contribution in [2.45, 2.75) is 18.9 Å². The predicted octanol–water partition coefficient (Wildman–Crippen LogP) is -0.417. The molecular weight excluding hydrogens is 156 g/mol. The largest absolute Gasteiger partial charge is 0.468 e. The van der Waals surface area contributed by atoms with E-state index >= 15 is 0 Å². The third-order valence-electron chi connectivity index (χ3n) is 2.33. The molecule has 1 atom stereocenters. The van der Waals surface area contributed by atoms with E-state index in [1.807, 2.05) is 0 Å². The number of rotatable bonds is 3. The van der Waals surface area contributed by atoms with Crippen LogP contribution in [-0.4, -0.2) is 43.7 Å². The average Bonchev–Trinajstić information content (AvgIpc) is 2.51. The summed E-state index contributed by atoms with van der Waals surface area (Å²) in [5, 5.41) is 0. The van der Waals surface area contributed by atoms with Crippen LogP contribution in [0.1, 0.15) is 12.8 Å². The topological polar surface area (TPSA) is 55.6 Å². The summed E-state index contributed by atoms with van der Waals surface area (Å²) < 4.78 is 4.58. The minimum Gasteiger partial charge on any atom is -0.468 e. The minimum absolute atomic E-state index is 0.171. The Morgan fingerprint density at radius 1 is 1.75 bits per heavy atom. The standard InChI is InChI=1S/C8H16N2O2/c1-12-8(11)6-10-4-2-3-7(10)5-9/h7H,2-6,9H2,1H3. The summed E-state index contributed by atoms with van der Waals surface area (Å²) in [5.41, 5.74) is 5.55. The van der Waals surface area contributed by atoms with Gasteiger partial charge in [-0.15, -0.1) is 0 Å². The second kappa shape index (κ2) is 4.42. The van der Waals surface area contributed by atoms with Crippen LogP contribution in [0.4, 0.5) is 0 Å². The van der Waals surface area contributed by atoms with Gasteiger partial charge in [-0.25, -0.2) is 0 Å². The van der Waals surface area contributed by atoms with Crippen LogP contribution in [0.2, 0.25) is 0 Å². The number of nitrogens with zero attached hydrogens (tertiary/aromatic N) is 1. The summed E-state index contributed by atoms with van der Waals surface area (Å²) in [6, 6.07) is 0.379. The Morgan fingerprint density at radius 2 is 2.50 bits per heavy atom. The number of hydrogen-bond acceptors (Lipinski definition) is 4. The molecule has 2 N–H and O–H groups in total. The van der Waals surface area contributed by atoms with Crippen LogP contribution in [0.15, 0.2) is 0 Å². The number of methoxy groups -OCH3 is 1. The highest BCUT2D eigenvalue weighted by Crippen LogP contribution is 2.15. The van der Waals surface area contributed by atoms with Crippen molar-refractivity contribution < 1.29 is 9.53 Å². The molecule has 70 valence electrons. The van der Waals surface area contributed by atoms with Crippen LogP contribution < -0.4 is 5.73 Å². The third-order valence-corrected chi connectivity index (χ3v) is 2.33. The molecule has 0 aromatic heterocycles. The zero-order chi connectivity index (χ0) is 8.97. The van der Waals surface area contributed by atoms with Gasteiger partial charge in [0.05, 0.1) is 13.7 Å². The van der Waals surface area contributed by atoms with Gasteiger partial charge in [0.1, 0.15) is 0 Å². The van der Waals surface area contributed by atoms with E-state index in [-0.39, 0.29) is 5.97 Å². The van der Waals surface area contributed by atoms with Crippen molar-refractivity contribution >= 4 is 5.97 Å². The summed E-state index contributed by atoms with van der Waals surface area (Å²) >= 11 is 0. The van der Waals surface area contributed by atoms with E-state index in [1.54, 1.807) is 0 Å². The molecule has 1 heterocycles. The highest BCUT2D eigenvalue weighted by atomic mass is 16.5. The van der Waals surface area contributed by atoms with Gasteiger partial charge < -0.3 is 10.5 Å². The molecule has 1 fully saturated rings. The molecule has 0 aromatic rings. The van der Waals surface area contributed by atoms with Crippen molar-refractivity contribution in [1.82, 2.24) is 4.90 Å². The quantitative estimate of drug-likeness (QED) is 0.588. The van der Waals surface area contributed by atoms with Gasteiger partial charge >= 0.3 is 5.97 Å². The van der Waals surface area contributed by atoms with Gasteiger partial charge in [0, 0.05) is 12.6 Å². The van der Waals surface area contributed by atoms with Crippen LogP contribution in [0, 0.1) is 0 Å². The van der Waals surface area contributed by atoms with Crippen molar-refractivity contribution in [3.63, 3.8) is 0 Å². The fraction of sp³-hybridized carbons (Fsp3) is 0.875. The number of carbonyl (C=O) groups excluding carboxylic acids is 1. The Morgan fingerprint density at radius 3 is 3.08 bits per heavy atom. The molecule has 4 heteroatoms. The Balaban J connectivity index is 2.35. The van der Waals surface area contributed by atoms with Crippen molar-refractivity contribution in [2.75, 3.05) is 26.7 Å². The van der Waals surface area contributed by atoms with E-state index in [0.717, 1.165) is 19.4 Å². The molecule has 4 nitrogen and oxygen atoms in total. The second-order valence-electron chi connectivity index (χ2n) is 3.08. The van der Waals surface area contributed by atoms with Crippen molar-refractivity contribution in [1.29, 1.82) is 0 Å². The summed E-state index contributed by atoms with van der Waals surface area (Å²) in [4.78, 5) is 13.0. The first-order valence-corrected chi connectivity index (χ1v) is 4.29. The third kappa shape index (κ3) is 2.19. The van der Waals surface area contributed by atoms with Crippen molar-refractivity contribution in [3.05, 3.63) is 0 Å². The highest BCUT2D eigenvalue weighted by Gasteiger charge is 2.24. The van der Waals surface area contributed by atoms with Gasteiger partial charge in [-0.3, -0.25) is 9.69 Å². The first-order chi connectivity index (χ1) is 5.77. The highest BCUT2D eigenvalue weighted by molar-refractivity contribution is 5.71. The fourth-order valence-corrected chi connectivity index (χ4v) is 1.60. The Labute approximate surface area is 72.7 Å². The zero-order valence-electron chi connectivity index (χ0n) is 7.45. The second-order valence-corrected chi connectivity index (χ2v) is 3.08. The van der Waals surface area contributed by atoms with Crippen LogP contribution >= 0.6 is 0 Å². The minimum atomic E-state index is -0.171. The predicted molar refractivity (Wildman–Crippen MR) is 45.7 cm³/mol. The number of nitrogens with two attached hydrogens (primary N) is 1. The van der Waals surface area contributed by atoms with Crippen molar-refractivity contribution in [3.8, 4) is 0 Å². The molecule has 0 aromatic carbocycles. The smallest absolute Gasteiger partial charge is 0.319 e. The lowest BCUT2D eigenvalue weighted by Gasteiger charge is -2.21. The van der Waals surface area contributed by atoms with E-state index in [2.05, 4.69) is 9.64 Å². The molecule has 0 amide bonds. The normalized spacial score (nSPS) is 24.3. The summed E-state index contributed by atoms with van der Waals surface area (Å²) in [5.74, 6) is -0.171. The summed E-state index contributed by atoms with van der Waals surface area (Å²) in [6.45, 7) is 1.99. The lowest BCUT2D eigenvalue weighted by molar-refractivity contribution is -0.142. The molecule has 0 aliphatic carbocycles. The number of esters is 1. The number of hydrogen-bond donors (Lipinski definition) is 1. The molecule has 12 heavy (non-hydrogen) atoms. The monoisotopic (exact) mass is 172 g/mol. The molecule has 1 saturated heterocycles. The first kappa shape index (κ1) is 9.48. The molecule has 1 aliphatic heterocycles. The maximum atomic E-state index is 10.9. The lowest BCUT2D eigenvalue weighted by atomic mass is 10.2. The molecule has 0 spiro atoms. The van der Waals surface area contributed by atoms with Gasteiger partial charge in [0.15, 0.2) is 0 Å². The van der Waals surface area contributed by atoms with Crippen LogP contribution in [0.5, 0.6) is 0 Å². The zero-order valence-corrected chi connectivity index (χ0v) is 7.45. The van der Waals surface area contributed by atoms with E-state index in [9.17, 15) is 4.79 Å². The summed E-state index contributed by atoms with van der Waals surface area (Å²) in [7, 11) is 1.41. The van der Waals surface area contributed by atoms with Gasteiger partial charge in [-0.1, -0.05) is 0 Å². The molecule has 0 saturated carbocycles. The average molecular weight is 172 g/mol.